The number of hydrogen-bond acceptors (Lipinski definition) is 6. The predicted molar refractivity (Wildman–Crippen MR) is 96.6 cm³/mol. The topological polar surface area (TPSA) is 129 Å². The standard InChI is InChI=1S/C19H21N3O4/c1-3-26-17-5-4-12(7-13(17)10-23)14-8-16(11(2)6-18(24)25)22-19(21)15(14)9-20/h4-5,7-8,11,23H,3,6,10H2,1-2H3,(H2,21,22)(H,24,25). The Kier molecular flexibility index (Phi) is 6.15. The van der Waals surface area contributed by atoms with Crippen molar-refractivity contribution in [2.45, 2.75) is 32.8 Å². The molecule has 7 heteroatoms. The van der Waals surface area contributed by atoms with Crippen molar-refractivity contribution in [3.8, 4) is 22.9 Å². The smallest absolute Gasteiger partial charge is 0.304 e. The largest absolute Gasteiger partial charge is 0.494 e. The minimum Gasteiger partial charge on any atom is -0.494 e. The highest BCUT2D eigenvalue weighted by Gasteiger charge is 2.18. The van der Waals surface area contributed by atoms with Gasteiger partial charge in [0.25, 0.3) is 0 Å². The van der Waals surface area contributed by atoms with Crippen LogP contribution in [0.15, 0.2) is 24.3 Å². The molecule has 26 heavy (non-hydrogen) atoms. The molecular weight excluding hydrogens is 334 g/mol. The van der Waals surface area contributed by atoms with E-state index in [1.165, 1.54) is 0 Å². The molecule has 0 saturated carbocycles. The fourth-order valence-electron chi connectivity index (χ4n) is 2.72. The summed E-state index contributed by atoms with van der Waals surface area (Å²) < 4.78 is 5.48. The van der Waals surface area contributed by atoms with Gasteiger partial charge in [0.2, 0.25) is 0 Å². The van der Waals surface area contributed by atoms with Crippen molar-refractivity contribution in [3.63, 3.8) is 0 Å². The van der Waals surface area contributed by atoms with Crippen LogP contribution in [0.25, 0.3) is 11.1 Å². The minimum atomic E-state index is -0.938. The number of aliphatic carboxylic acids is 1. The zero-order valence-corrected chi connectivity index (χ0v) is 14.7. The lowest BCUT2D eigenvalue weighted by Crippen LogP contribution is -2.08. The van der Waals surface area contributed by atoms with Gasteiger partial charge in [0.05, 0.1) is 19.6 Å². The molecule has 0 saturated heterocycles. The van der Waals surface area contributed by atoms with Crippen molar-refractivity contribution in [2.75, 3.05) is 12.3 Å². The van der Waals surface area contributed by atoms with E-state index >= 15 is 0 Å². The Balaban J connectivity index is 2.59. The maximum absolute atomic E-state index is 11.0. The Bertz CT molecular complexity index is 859. The van der Waals surface area contributed by atoms with Crippen LogP contribution < -0.4 is 10.5 Å². The average Bonchev–Trinajstić information content (AvgIpc) is 2.61. The average molecular weight is 355 g/mol. The number of nitriles is 1. The van der Waals surface area contributed by atoms with E-state index in [2.05, 4.69) is 4.98 Å². The van der Waals surface area contributed by atoms with E-state index in [0.717, 1.165) is 0 Å². The number of ether oxygens (including phenoxy) is 1. The Morgan fingerprint density at radius 2 is 2.15 bits per heavy atom. The highest BCUT2D eigenvalue weighted by Crippen LogP contribution is 2.33. The van der Waals surface area contributed by atoms with Crippen molar-refractivity contribution >= 4 is 11.8 Å². The summed E-state index contributed by atoms with van der Waals surface area (Å²) in [5.74, 6) is -0.677. The first-order valence-corrected chi connectivity index (χ1v) is 8.20. The van der Waals surface area contributed by atoms with Gasteiger partial charge in [-0.15, -0.1) is 0 Å². The van der Waals surface area contributed by atoms with Crippen molar-refractivity contribution in [1.82, 2.24) is 4.98 Å². The van der Waals surface area contributed by atoms with E-state index < -0.39 is 5.97 Å². The quantitative estimate of drug-likeness (QED) is 0.696. The lowest BCUT2D eigenvalue weighted by Gasteiger charge is -2.15. The van der Waals surface area contributed by atoms with Crippen molar-refractivity contribution in [1.29, 1.82) is 5.26 Å². The first-order valence-electron chi connectivity index (χ1n) is 8.20. The van der Waals surface area contributed by atoms with Gasteiger partial charge >= 0.3 is 5.97 Å². The summed E-state index contributed by atoms with van der Waals surface area (Å²) in [5.41, 5.74) is 8.45. The second-order valence-electron chi connectivity index (χ2n) is 5.88. The van der Waals surface area contributed by atoms with Crippen LogP contribution in [0.2, 0.25) is 0 Å². The summed E-state index contributed by atoms with van der Waals surface area (Å²) in [4.78, 5) is 15.2. The Labute approximate surface area is 151 Å². The summed E-state index contributed by atoms with van der Waals surface area (Å²) in [5, 5.41) is 28.1. The van der Waals surface area contributed by atoms with Crippen molar-refractivity contribution in [2.24, 2.45) is 0 Å². The van der Waals surface area contributed by atoms with E-state index in [1.54, 1.807) is 31.2 Å². The number of nitrogens with zero attached hydrogens (tertiary/aromatic N) is 2. The van der Waals surface area contributed by atoms with Crippen molar-refractivity contribution < 1.29 is 19.7 Å². The molecule has 0 amide bonds. The number of rotatable bonds is 7. The highest BCUT2D eigenvalue weighted by molar-refractivity contribution is 5.77. The van der Waals surface area contributed by atoms with Crippen LogP contribution in [-0.4, -0.2) is 27.8 Å². The van der Waals surface area contributed by atoms with E-state index in [0.29, 0.717) is 34.7 Å². The van der Waals surface area contributed by atoms with E-state index in [9.17, 15) is 15.2 Å². The number of nitrogens with two attached hydrogens (primary N) is 1. The molecule has 1 heterocycles. The number of carboxylic acids is 1. The molecule has 4 N–H and O–H groups in total. The molecule has 1 atom stereocenters. The van der Waals surface area contributed by atoms with Crippen LogP contribution in [0, 0.1) is 11.3 Å². The second-order valence-corrected chi connectivity index (χ2v) is 5.88. The summed E-state index contributed by atoms with van der Waals surface area (Å²) in [7, 11) is 0. The van der Waals surface area contributed by atoms with E-state index in [-0.39, 0.29) is 30.3 Å². The van der Waals surface area contributed by atoms with E-state index in [4.69, 9.17) is 15.6 Å². The van der Waals surface area contributed by atoms with Gasteiger partial charge in [0.1, 0.15) is 23.2 Å². The van der Waals surface area contributed by atoms with Gasteiger partial charge in [-0.2, -0.15) is 5.26 Å². The molecule has 1 unspecified atom stereocenters. The molecule has 1 aromatic heterocycles. The molecular formula is C19H21N3O4. The number of nitrogen functional groups attached to an aromatic ring is 1. The third-order valence-electron chi connectivity index (χ3n) is 4.01. The molecule has 7 nitrogen and oxygen atoms in total. The van der Waals surface area contributed by atoms with Gasteiger partial charge in [-0.3, -0.25) is 4.79 Å². The van der Waals surface area contributed by atoms with Gasteiger partial charge in [-0.05, 0) is 30.7 Å². The molecule has 0 bridgehead atoms. The molecule has 0 aliphatic carbocycles. The highest BCUT2D eigenvalue weighted by atomic mass is 16.5. The van der Waals surface area contributed by atoms with Crippen LogP contribution in [0.1, 0.15) is 43.0 Å². The fraction of sp³-hybridized carbons (Fsp3) is 0.316. The molecule has 2 rings (SSSR count). The van der Waals surface area contributed by atoms with Crippen LogP contribution in [0.5, 0.6) is 5.75 Å². The second kappa shape index (κ2) is 8.32. The maximum Gasteiger partial charge on any atom is 0.304 e. The lowest BCUT2D eigenvalue weighted by atomic mass is 9.94. The number of carbonyl (C=O) groups is 1. The number of aromatic nitrogens is 1. The third-order valence-corrected chi connectivity index (χ3v) is 4.01. The molecule has 1 aromatic carbocycles. The van der Waals surface area contributed by atoms with Crippen LogP contribution >= 0.6 is 0 Å². The summed E-state index contributed by atoms with van der Waals surface area (Å²) in [6.07, 6.45) is -0.0943. The molecule has 0 fully saturated rings. The molecule has 0 spiro atoms. The Hall–Kier alpha value is -3.11. The van der Waals surface area contributed by atoms with Crippen LogP contribution in [-0.2, 0) is 11.4 Å². The summed E-state index contributed by atoms with van der Waals surface area (Å²) >= 11 is 0. The maximum atomic E-state index is 11.0. The normalized spacial score (nSPS) is 11.6. The van der Waals surface area contributed by atoms with Gasteiger partial charge in [-0.25, -0.2) is 4.98 Å². The molecule has 2 aromatic rings. The van der Waals surface area contributed by atoms with Crippen LogP contribution in [0.4, 0.5) is 5.82 Å². The van der Waals surface area contributed by atoms with Gasteiger partial charge < -0.3 is 20.7 Å². The lowest BCUT2D eigenvalue weighted by molar-refractivity contribution is -0.137. The SMILES string of the molecule is CCOc1ccc(-c2cc(C(C)CC(=O)O)nc(N)c2C#N)cc1CO. The third kappa shape index (κ3) is 4.10. The van der Waals surface area contributed by atoms with Gasteiger partial charge in [0.15, 0.2) is 0 Å². The van der Waals surface area contributed by atoms with Gasteiger partial charge in [0, 0.05) is 22.7 Å². The molecule has 0 aliphatic heterocycles. The van der Waals surface area contributed by atoms with Gasteiger partial charge in [-0.1, -0.05) is 13.0 Å². The Morgan fingerprint density at radius 1 is 1.42 bits per heavy atom. The Morgan fingerprint density at radius 3 is 2.73 bits per heavy atom. The summed E-state index contributed by atoms with van der Waals surface area (Å²) in [6.45, 7) is 3.84. The summed E-state index contributed by atoms with van der Waals surface area (Å²) in [6, 6.07) is 8.95. The zero-order valence-electron chi connectivity index (χ0n) is 14.7. The monoisotopic (exact) mass is 355 g/mol. The first kappa shape index (κ1) is 19.2. The predicted octanol–water partition coefficient (Wildman–Crippen LogP) is 2.67. The fourth-order valence-corrected chi connectivity index (χ4v) is 2.72. The number of pyridine rings is 1. The number of aliphatic hydroxyl groups is 1. The molecule has 0 radical (unpaired) electrons. The number of aliphatic hydroxyl groups excluding tert-OH is 1. The van der Waals surface area contributed by atoms with Crippen LogP contribution in [0.3, 0.4) is 0 Å². The zero-order chi connectivity index (χ0) is 19.3. The minimum absolute atomic E-state index is 0.0525. The molecule has 0 aliphatic rings. The number of carboxylic acid groups (broad SMARTS) is 1. The molecule has 136 valence electrons. The number of hydrogen-bond donors (Lipinski definition) is 3. The van der Waals surface area contributed by atoms with E-state index in [1.807, 2.05) is 13.0 Å². The first-order chi connectivity index (χ1) is 12.4. The number of anilines is 1. The number of benzene rings is 1. The van der Waals surface area contributed by atoms with Crippen molar-refractivity contribution in [3.05, 3.63) is 41.1 Å².